The third-order valence-electron chi connectivity index (χ3n) is 2.49. The number of benzene rings is 2. The summed E-state index contributed by atoms with van der Waals surface area (Å²) in [6.45, 7) is 1.62. The van der Waals surface area contributed by atoms with Crippen molar-refractivity contribution in [3.05, 3.63) is 58.6 Å². The lowest BCUT2D eigenvalue weighted by Crippen LogP contribution is -2.28. The van der Waals surface area contributed by atoms with Crippen molar-refractivity contribution < 1.29 is 14.3 Å². The van der Waals surface area contributed by atoms with Crippen molar-refractivity contribution >= 4 is 29.2 Å². The average molecular weight is 311 g/mol. The Balaban J connectivity index is 1.94. The number of halogens is 2. The molecule has 0 fully saturated rings. The van der Waals surface area contributed by atoms with Crippen LogP contribution in [0.15, 0.2) is 48.5 Å². The summed E-state index contributed by atoms with van der Waals surface area (Å²) in [5.41, 5.74) is 0. The molecule has 1 unspecified atom stereocenters. The maximum atomic E-state index is 11.9. The molecule has 0 aliphatic rings. The second-order valence-electron chi connectivity index (χ2n) is 4.09. The minimum absolute atomic E-state index is 0.422. The van der Waals surface area contributed by atoms with Crippen LogP contribution in [-0.2, 0) is 4.79 Å². The molecule has 0 radical (unpaired) electrons. The summed E-state index contributed by atoms with van der Waals surface area (Å²) in [5.74, 6) is 0.489. The highest BCUT2D eigenvalue weighted by atomic mass is 35.5. The van der Waals surface area contributed by atoms with E-state index in [1.165, 1.54) is 0 Å². The largest absolute Gasteiger partial charge is 0.479 e. The van der Waals surface area contributed by atoms with E-state index in [1.807, 2.05) is 0 Å². The van der Waals surface area contributed by atoms with Crippen LogP contribution in [0, 0.1) is 0 Å². The quantitative estimate of drug-likeness (QED) is 0.621. The summed E-state index contributed by atoms with van der Waals surface area (Å²) < 4.78 is 10.6. The molecule has 0 heterocycles. The van der Waals surface area contributed by atoms with E-state index in [4.69, 9.17) is 32.7 Å². The van der Waals surface area contributed by atoms with Gasteiger partial charge in [-0.1, -0.05) is 23.2 Å². The van der Waals surface area contributed by atoms with Crippen molar-refractivity contribution in [1.29, 1.82) is 0 Å². The fourth-order valence-corrected chi connectivity index (χ4v) is 1.72. The molecule has 0 N–H and O–H groups in total. The fourth-order valence-electron chi connectivity index (χ4n) is 1.47. The van der Waals surface area contributed by atoms with Gasteiger partial charge in [0.2, 0.25) is 0 Å². The van der Waals surface area contributed by atoms with Crippen LogP contribution in [0.1, 0.15) is 6.92 Å². The van der Waals surface area contributed by atoms with Crippen LogP contribution >= 0.6 is 23.2 Å². The molecule has 0 aliphatic carbocycles. The average Bonchev–Trinajstić information content (AvgIpc) is 2.44. The highest BCUT2D eigenvalue weighted by Gasteiger charge is 2.17. The van der Waals surface area contributed by atoms with Crippen LogP contribution in [0.2, 0.25) is 10.0 Å². The van der Waals surface area contributed by atoms with Crippen LogP contribution in [0.4, 0.5) is 0 Å². The van der Waals surface area contributed by atoms with Crippen LogP contribution in [0.5, 0.6) is 11.5 Å². The second-order valence-corrected chi connectivity index (χ2v) is 4.96. The summed E-state index contributed by atoms with van der Waals surface area (Å²) in [7, 11) is 0. The first-order chi connectivity index (χ1) is 9.54. The van der Waals surface area contributed by atoms with Gasteiger partial charge in [0.25, 0.3) is 0 Å². The summed E-state index contributed by atoms with van der Waals surface area (Å²) in [6.07, 6.45) is -0.730. The molecule has 0 saturated carbocycles. The van der Waals surface area contributed by atoms with E-state index in [2.05, 4.69) is 0 Å². The van der Waals surface area contributed by atoms with Crippen molar-refractivity contribution in [2.24, 2.45) is 0 Å². The molecule has 104 valence electrons. The first-order valence-electron chi connectivity index (χ1n) is 5.94. The van der Waals surface area contributed by atoms with Gasteiger partial charge in [-0.05, 0) is 55.5 Å². The van der Waals surface area contributed by atoms with Crippen molar-refractivity contribution in [3.63, 3.8) is 0 Å². The molecule has 0 aliphatic heterocycles. The third kappa shape index (κ3) is 4.15. The summed E-state index contributed by atoms with van der Waals surface area (Å²) in [6, 6.07) is 13.3. The van der Waals surface area contributed by atoms with Crippen LogP contribution in [0.25, 0.3) is 0 Å². The minimum Gasteiger partial charge on any atom is -0.479 e. The molecule has 0 aromatic heterocycles. The summed E-state index contributed by atoms with van der Waals surface area (Å²) in [4.78, 5) is 11.9. The van der Waals surface area contributed by atoms with E-state index in [0.29, 0.717) is 21.5 Å². The van der Waals surface area contributed by atoms with E-state index in [0.717, 1.165) is 0 Å². The first-order valence-corrected chi connectivity index (χ1v) is 6.69. The standard InChI is InChI=1S/C15H12Cl2O3/c1-10(19-13-6-2-11(16)3-7-13)15(18)20-14-8-4-12(17)5-9-14/h2-10H,1H3. The Hall–Kier alpha value is -1.71. The van der Waals surface area contributed by atoms with Gasteiger partial charge >= 0.3 is 5.97 Å². The minimum atomic E-state index is -0.730. The van der Waals surface area contributed by atoms with Gasteiger partial charge in [-0.15, -0.1) is 0 Å². The van der Waals surface area contributed by atoms with Crippen molar-refractivity contribution in [3.8, 4) is 11.5 Å². The predicted octanol–water partition coefficient (Wildman–Crippen LogP) is 4.37. The maximum absolute atomic E-state index is 11.9. The van der Waals surface area contributed by atoms with E-state index in [-0.39, 0.29) is 0 Å². The molecule has 5 heteroatoms. The summed E-state index contributed by atoms with van der Waals surface area (Å²) in [5, 5.41) is 1.18. The van der Waals surface area contributed by atoms with Gasteiger partial charge in [-0.25, -0.2) is 4.79 Å². The number of hydrogen-bond acceptors (Lipinski definition) is 3. The van der Waals surface area contributed by atoms with Crippen LogP contribution in [0.3, 0.4) is 0 Å². The predicted molar refractivity (Wildman–Crippen MR) is 78.6 cm³/mol. The van der Waals surface area contributed by atoms with Gasteiger partial charge in [0.15, 0.2) is 6.10 Å². The zero-order valence-corrected chi connectivity index (χ0v) is 12.2. The topological polar surface area (TPSA) is 35.5 Å². The molecule has 2 aromatic carbocycles. The Kier molecular flexibility index (Phi) is 4.88. The molecular weight excluding hydrogens is 299 g/mol. The van der Waals surface area contributed by atoms with E-state index in [1.54, 1.807) is 55.5 Å². The molecule has 0 spiro atoms. The molecule has 1 atom stereocenters. The lowest BCUT2D eigenvalue weighted by Gasteiger charge is -2.13. The molecule has 20 heavy (non-hydrogen) atoms. The van der Waals surface area contributed by atoms with Gasteiger partial charge in [0, 0.05) is 10.0 Å². The van der Waals surface area contributed by atoms with Crippen LogP contribution < -0.4 is 9.47 Å². The Morgan fingerprint density at radius 2 is 1.35 bits per heavy atom. The number of carbonyl (C=O) groups excluding carboxylic acids is 1. The Morgan fingerprint density at radius 3 is 1.85 bits per heavy atom. The molecule has 2 rings (SSSR count). The first kappa shape index (κ1) is 14.7. The van der Waals surface area contributed by atoms with Gasteiger partial charge in [0.05, 0.1) is 0 Å². The molecule has 0 amide bonds. The third-order valence-corrected chi connectivity index (χ3v) is 2.99. The van der Waals surface area contributed by atoms with Crippen LogP contribution in [-0.4, -0.2) is 12.1 Å². The van der Waals surface area contributed by atoms with Crippen molar-refractivity contribution in [2.45, 2.75) is 13.0 Å². The summed E-state index contributed by atoms with van der Waals surface area (Å²) >= 11 is 11.5. The maximum Gasteiger partial charge on any atom is 0.352 e. The Morgan fingerprint density at radius 1 is 0.900 bits per heavy atom. The second kappa shape index (κ2) is 6.64. The Labute approximate surface area is 127 Å². The molecule has 3 nitrogen and oxygen atoms in total. The normalized spacial score (nSPS) is 11.8. The lowest BCUT2D eigenvalue weighted by atomic mass is 10.3. The van der Waals surface area contributed by atoms with Crippen molar-refractivity contribution in [2.75, 3.05) is 0 Å². The fraction of sp³-hybridized carbons (Fsp3) is 0.133. The molecular formula is C15H12Cl2O3. The zero-order valence-electron chi connectivity index (χ0n) is 10.7. The number of esters is 1. The van der Waals surface area contributed by atoms with Gasteiger partial charge < -0.3 is 9.47 Å². The molecule has 2 aromatic rings. The van der Waals surface area contributed by atoms with E-state index in [9.17, 15) is 4.79 Å². The zero-order chi connectivity index (χ0) is 14.5. The monoisotopic (exact) mass is 310 g/mol. The van der Waals surface area contributed by atoms with Gasteiger partial charge in [-0.3, -0.25) is 0 Å². The van der Waals surface area contributed by atoms with Gasteiger partial charge in [-0.2, -0.15) is 0 Å². The number of hydrogen-bond donors (Lipinski definition) is 0. The Bertz CT molecular complexity index is 579. The molecule has 0 bridgehead atoms. The lowest BCUT2D eigenvalue weighted by molar-refractivity contribution is -0.141. The van der Waals surface area contributed by atoms with E-state index >= 15 is 0 Å². The number of ether oxygens (including phenoxy) is 2. The number of carbonyl (C=O) groups is 1. The SMILES string of the molecule is CC(Oc1ccc(Cl)cc1)C(=O)Oc1ccc(Cl)cc1. The number of rotatable bonds is 4. The molecule has 0 saturated heterocycles. The van der Waals surface area contributed by atoms with E-state index < -0.39 is 12.1 Å². The smallest absolute Gasteiger partial charge is 0.352 e. The highest BCUT2D eigenvalue weighted by molar-refractivity contribution is 6.30. The highest BCUT2D eigenvalue weighted by Crippen LogP contribution is 2.19. The van der Waals surface area contributed by atoms with Gasteiger partial charge in [0.1, 0.15) is 11.5 Å². The van der Waals surface area contributed by atoms with Crippen molar-refractivity contribution in [1.82, 2.24) is 0 Å².